The Morgan fingerprint density at radius 1 is 1.67 bits per heavy atom. The minimum Gasteiger partial charge on any atom is -0.335 e. The number of nitrogens with one attached hydrogen (secondary N) is 1. The van der Waals surface area contributed by atoms with E-state index in [9.17, 15) is 0 Å². The first kappa shape index (κ1) is 4.78. The molecular weight excluding hydrogens is 118 g/mol. The Morgan fingerprint density at radius 3 is 3.11 bits per heavy atom. The van der Waals surface area contributed by atoms with Crippen molar-refractivity contribution in [1.82, 2.24) is 10.1 Å². The molecule has 1 fully saturated rings. The molecule has 47 valence electrons. The molecule has 0 spiro atoms. The van der Waals surface area contributed by atoms with Gasteiger partial charge in [-0.2, -0.15) is 4.98 Å². The Bertz CT molecular complexity index is 180. The number of rotatable bonds is 2. The molecule has 0 bridgehead atoms. The summed E-state index contributed by atoms with van der Waals surface area (Å²) >= 11 is 0. The van der Waals surface area contributed by atoms with E-state index in [1.807, 2.05) is 0 Å². The molecular formula is C5H6N3O. The smallest absolute Gasteiger partial charge is 0.322 e. The predicted octanol–water partition coefficient (Wildman–Crippen LogP) is 0.444. The lowest BCUT2D eigenvalue weighted by atomic mass is 10.7. The third kappa shape index (κ3) is 1.01. The second kappa shape index (κ2) is 1.72. The van der Waals surface area contributed by atoms with Crippen LogP contribution in [-0.4, -0.2) is 16.2 Å². The summed E-state index contributed by atoms with van der Waals surface area (Å²) in [4.78, 5) is 3.68. The largest absolute Gasteiger partial charge is 0.335 e. The average molecular weight is 124 g/mol. The zero-order valence-electron chi connectivity index (χ0n) is 4.79. The lowest BCUT2D eigenvalue weighted by Gasteiger charge is -1.91. The number of aromatic nitrogens is 2. The Balaban J connectivity index is 1.99. The van der Waals surface area contributed by atoms with Gasteiger partial charge in [0.05, 0.1) is 0 Å². The van der Waals surface area contributed by atoms with Crippen molar-refractivity contribution in [2.75, 3.05) is 5.32 Å². The monoisotopic (exact) mass is 124 g/mol. The third-order valence-corrected chi connectivity index (χ3v) is 1.23. The van der Waals surface area contributed by atoms with Crippen LogP contribution in [0.15, 0.2) is 4.52 Å². The average Bonchev–Trinajstić information content (AvgIpc) is 2.46. The van der Waals surface area contributed by atoms with Crippen LogP contribution in [0, 0.1) is 6.33 Å². The highest BCUT2D eigenvalue weighted by atomic mass is 16.5. The molecule has 1 N–H and O–H groups in total. The SMILES string of the molecule is [c]1noc(NC2CC2)n1. The van der Waals surface area contributed by atoms with Crippen molar-refractivity contribution in [1.29, 1.82) is 0 Å². The summed E-state index contributed by atoms with van der Waals surface area (Å²) < 4.78 is 4.66. The molecule has 1 aliphatic rings. The second-order valence-corrected chi connectivity index (χ2v) is 2.12. The minimum atomic E-state index is 0.484. The molecule has 1 aromatic rings. The van der Waals surface area contributed by atoms with E-state index in [-0.39, 0.29) is 0 Å². The maximum Gasteiger partial charge on any atom is 0.322 e. The first-order chi connectivity index (χ1) is 4.45. The quantitative estimate of drug-likeness (QED) is 0.621. The molecule has 1 aromatic heterocycles. The zero-order chi connectivity index (χ0) is 6.10. The summed E-state index contributed by atoms with van der Waals surface area (Å²) in [5.41, 5.74) is 0. The molecule has 0 atom stereocenters. The van der Waals surface area contributed by atoms with Crippen molar-refractivity contribution < 1.29 is 4.52 Å². The van der Waals surface area contributed by atoms with Gasteiger partial charge < -0.3 is 9.84 Å². The number of anilines is 1. The van der Waals surface area contributed by atoms with E-state index in [0.717, 1.165) is 0 Å². The summed E-state index contributed by atoms with van der Waals surface area (Å²) in [7, 11) is 0. The molecule has 4 nitrogen and oxygen atoms in total. The molecule has 1 radical (unpaired) electrons. The first-order valence-electron chi connectivity index (χ1n) is 2.91. The van der Waals surface area contributed by atoms with Gasteiger partial charge >= 0.3 is 6.01 Å². The van der Waals surface area contributed by atoms with Crippen LogP contribution in [0.2, 0.25) is 0 Å². The molecule has 1 heterocycles. The first-order valence-corrected chi connectivity index (χ1v) is 2.91. The molecule has 0 saturated heterocycles. The maximum absolute atomic E-state index is 4.66. The molecule has 4 heteroatoms. The highest BCUT2D eigenvalue weighted by Gasteiger charge is 2.22. The summed E-state index contributed by atoms with van der Waals surface area (Å²) in [6.07, 6.45) is 4.76. The van der Waals surface area contributed by atoms with Gasteiger partial charge in [0.2, 0.25) is 6.33 Å². The highest BCUT2D eigenvalue weighted by molar-refractivity contribution is 5.21. The predicted molar refractivity (Wildman–Crippen MR) is 29.8 cm³/mol. The van der Waals surface area contributed by atoms with E-state index >= 15 is 0 Å². The van der Waals surface area contributed by atoms with Crippen LogP contribution in [0.3, 0.4) is 0 Å². The number of hydrogen-bond acceptors (Lipinski definition) is 4. The molecule has 0 amide bonds. The van der Waals surface area contributed by atoms with Gasteiger partial charge in [-0.25, -0.2) is 0 Å². The third-order valence-electron chi connectivity index (χ3n) is 1.23. The van der Waals surface area contributed by atoms with Gasteiger partial charge in [0.15, 0.2) is 0 Å². The van der Waals surface area contributed by atoms with Gasteiger partial charge in [-0.15, -0.1) is 0 Å². The maximum atomic E-state index is 4.66. The van der Waals surface area contributed by atoms with Crippen LogP contribution in [0.1, 0.15) is 12.8 Å². The van der Waals surface area contributed by atoms with Gasteiger partial charge in [0.1, 0.15) is 0 Å². The minimum absolute atomic E-state index is 0.484. The van der Waals surface area contributed by atoms with Crippen LogP contribution in [0.4, 0.5) is 6.01 Å². The fraction of sp³-hybridized carbons (Fsp3) is 0.600. The summed E-state index contributed by atoms with van der Waals surface area (Å²) in [6.45, 7) is 0. The number of nitrogens with zero attached hydrogens (tertiary/aromatic N) is 2. The Labute approximate surface area is 52.3 Å². The van der Waals surface area contributed by atoms with E-state index < -0.39 is 0 Å². The van der Waals surface area contributed by atoms with Crippen molar-refractivity contribution in [3.8, 4) is 0 Å². The van der Waals surface area contributed by atoms with E-state index in [0.29, 0.717) is 12.1 Å². The summed E-state index contributed by atoms with van der Waals surface area (Å²) in [5, 5.41) is 6.35. The standard InChI is InChI=1S/C5H6N3O/c1-2-4(1)8-5-6-3-7-9-5/h4H,1-2H2,(H,6,7,8). The molecule has 1 saturated carbocycles. The van der Waals surface area contributed by atoms with E-state index in [1.165, 1.54) is 12.8 Å². The second-order valence-electron chi connectivity index (χ2n) is 2.12. The van der Waals surface area contributed by atoms with E-state index in [2.05, 4.69) is 26.3 Å². The van der Waals surface area contributed by atoms with Crippen LogP contribution < -0.4 is 5.32 Å². The van der Waals surface area contributed by atoms with Crippen LogP contribution in [0.5, 0.6) is 0 Å². The van der Waals surface area contributed by atoms with Crippen LogP contribution in [-0.2, 0) is 0 Å². The van der Waals surface area contributed by atoms with Gasteiger partial charge in [-0.3, -0.25) is 0 Å². The fourth-order valence-electron chi connectivity index (χ4n) is 0.611. The van der Waals surface area contributed by atoms with Crippen LogP contribution in [0.25, 0.3) is 0 Å². The molecule has 0 unspecified atom stereocenters. The number of hydrogen-bond donors (Lipinski definition) is 1. The fourth-order valence-corrected chi connectivity index (χ4v) is 0.611. The molecule has 0 aliphatic heterocycles. The molecule has 9 heavy (non-hydrogen) atoms. The van der Waals surface area contributed by atoms with E-state index in [1.54, 1.807) is 0 Å². The Hall–Kier alpha value is -1.06. The molecule has 0 aromatic carbocycles. The van der Waals surface area contributed by atoms with Crippen molar-refractivity contribution in [2.24, 2.45) is 0 Å². The van der Waals surface area contributed by atoms with Gasteiger partial charge in [-0.05, 0) is 12.8 Å². The lowest BCUT2D eigenvalue weighted by Crippen LogP contribution is -1.99. The van der Waals surface area contributed by atoms with Gasteiger partial charge in [0, 0.05) is 6.04 Å². The lowest BCUT2D eigenvalue weighted by molar-refractivity contribution is 0.428. The normalized spacial score (nSPS) is 17.8. The Kier molecular flexibility index (Phi) is 0.913. The highest BCUT2D eigenvalue weighted by Crippen LogP contribution is 2.22. The van der Waals surface area contributed by atoms with E-state index in [4.69, 9.17) is 0 Å². The summed E-state index contributed by atoms with van der Waals surface area (Å²) in [6, 6.07) is 1.05. The van der Waals surface area contributed by atoms with Crippen LogP contribution >= 0.6 is 0 Å². The molecule has 2 rings (SSSR count). The topological polar surface area (TPSA) is 51.0 Å². The zero-order valence-corrected chi connectivity index (χ0v) is 4.79. The van der Waals surface area contributed by atoms with Crippen molar-refractivity contribution in [2.45, 2.75) is 18.9 Å². The summed E-state index contributed by atoms with van der Waals surface area (Å²) in [5.74, 6) is 0. The van der Waals surface area contributed by atoms with Gasteiger partial charge in [0.25, 0.3) is 0 Å². The molecule has 1 aliphatic carbocycles. The van der Waals surface area contributed by atoms with Crippen molar-refractivity contribution in [3.63, 3.8) is 0 Å². The van der Waals surface area contributed by atoms with Crippen molar-refractivity contribution in [3.05, 3.63) is 6.33 Å². The van der Waals surface area contributed by atoms with Gasteiger partial charge in [-0.1, -0.05) is 5.16 Å². The van der Waals surface area contributed by atoms with Crippen molar-refractivity contribution >= 4 is 6.01 Å². The Morgan fingerprint density at radius 2 is 2.56 bits per heavy atom.